The molecule has 0 aromatic heterocycles. The summed E-state index contributed by atoms with van der Waals surface area (Å²) < 4.78 is 0. The fraction of sp³-hybridized carbons (Fsp3) is 0.250. The molecule has 78 valence electrons. The first-order valence-corrected chi connectivity index (χ1v) is 6.82. The minimum atomic E-state index is 0.172. The van der Waals surface area contributed by atoms with Gasteiger partial charge in [-0.05, 0) is 11.8 Å². The van der Waals surface area contributed by atoms with E-state index in [1.54, 1.807) is 23.5 Å². The largest absolute Gasteiger partial charge is 0.288 e. The predicted molar refractivity (Wildman–Crippen MR) is 68.4 cm³/mol. The van der Waals surface area contributed by atoms with Crippen LogP contribution in [0.4, 0.5) is 0 Å². The smallest absolute Gasteiger partial charge is 0.200 e. The van der Waals surface area contributed by atoms with Crippen LogP contribution in [0.15, 0.2) is 40.1 Å². The Hall–Kier alpha value is -0.670. The van der Waals surface area contributed by atoms with Crippen LogP contribution >= 0.6 is 23.5 Å². The first-order valence-electron chi connectivity index (χ1n) is 4.85. The van der Waals surface area contributed by atoms with Crippen molar-refractivity contribution in [1.82, 2.24) is 0 Å². The number of Topliss-reactive ketones (excluding diaryl/α,β-unsaturated/α-hetero) is 1. The third kappa shape index (κ3) is 2.47. The highest BCUT2D eigenvalue weighted by molar-refractivity contribution is 8.10. The van der Waals surface area contributed by atoms with Gasteiger partial charge in [0, 0.05) is 17.1 Å². The lowest BCUT2D eigenvalue weighted by atomic mass is 10.1. The third-order valence-corrected chi connectivity index (χ3v) is 4.83. The Bertz CT molecular complexity index is 395. The van der Waals surface area contributed by atoms with Gasteiger partial charge in [-0.25, -0.2) is 0 Å². The van der Waals surface area contributed by atoms with Crippen molar-refractivity contribution in [3.05, 3.63) is 45.7 Å². The molecule has 0 radical (unpaired) electrons. The van der Waals surface area contributed by atoms with Crippen molar-refractivity contribution in [3.63, 3.8) is 0 Å². The molecule has 1 aliphatic heterocycles. The molecule has 0 spiro atoms. The molecule has 1 aliphatic rings. The molecule has 3 heteroatoms. The minimum absolute atomic E-state index is 0.172. The molecular formula is C12H12OS2. The molecule has 1 heterocycles. The Morgan fingerprint density at radius 1 is 1.13 bits per heavy atom. The highest BCUT2D eigenvalue weighted by Crippen LogP contribution is 2.35. The molecule has 0 bridgehead atoms. The molecular weight excluding hydrogens is 224 g/mol. The quantitative estimate of drug-likeness (QED) is 0.731. The normalized spacial score (nSPS) is 16.6. The average molecular weight is 236 g/mol. The van der Waals surface area contributed by atoms with Crippen LogP contribution in [0.2, 0.25) is 0 Å². The van der Waals surface area contributed by atoms with E-state index in [4.69, 9.17) is 0 Å². The summed E-state index contributed by atoms with van der Waals surface area (Å²) in [6, 6.07) is 9.50. The van der Waals surface area contributed by atoms with Crippen LogP contribution in [0.3, 0.4) is 0 Å². The molecule has 0 atom stereocenters. The van der Waals surface area contributed by atoms with Crippen molar-refractivity contribution in [3.8, 4) is 0 Å². The van der Waals surface area contributed by atoms with E-state index in [-0.39, 0.29) is 5.78 Å². The van der Waals surface area contributed by atoms with E-state index in [0.29, 0.717) is 0 Å². The van der Waals surface area contributed by atoms with E-state index in [0.717, 1.165) is 22.0 Å². The lowest BCUT2D eigenvalue weighted by Gasteiger charge is -2.15. The monoisotopic (exact) mass is 236 g/mol. The Morgan fingerprint density at radius 3 is 2.47 bits per heavy atom. The maximum absolute atomic E-state index is 12.1. The molecule has 0 saturated carbocycles. The standard InChI is InChI=1S/C12H12OS2/c1-9-12(15-8-7-14-9)11(13)10-5-3-2-4-6-10/h2-6H,7-8H2,1H3. The number of benzene rings is 1. The Morgan fingerprint density at radius 2 is 1.80 bits per heavy atom. The summed E-state index contributed by atoms with van der Waals surface area (Å²) in [6.45, 7) is 2.03. The lowest BCUT2D eigenvalue weighted by molar-refractivity contribution is 0.104. The van der Waals surface area contributed by atoms with Gasteiger partial charge in [0.25, 0.3) is 0 Å². The van der Waals surface area contributed by atoms with Gasteiger partial charge in [-0.2, -0.15) is 0 Å². The molecule has 0 unspecified atom stereocenters. The number of ketones is 1. The van der Waals surface area contributed by atoms with Crippen LogP contribution in [-0.4, -0.2) is 17.3 Å². The molecule has 0 amide bonds. The van der Waals surface area contributed by atoms with Crippen LogP contribution in [-0.2, 0) is 0 Å². The first-order chi connectivity index (χ1) is 7.29. The summed E-state index contributed by atoms with van der Waals surface area (Å²) in [7, 11) is 0. The predicted octanol–water partition coefficient (Wildman–Crippen LogP) is 3.58. The van der Waals surface area contributed by atoms with Crippen LogP contribution < -0.4 is 0 Å². The Labute approximate surface area is 98.3 Å². The number of rotatable bonds is 2. The highest BCUT2D eigenvalue weighted by atomic mass is 32.2. The second kappa shape index (κ2) is 4.90. The van der Waals surface area contributed by atoms with Crippen LogP contribution in [0, 0.1) is 0 Å². The molecule has 1 aromatic carbocycles. The number of allylic oxidation sites excluding steroid dienone is 2. The zero-order valence-corrected chi connectivity index (χ0v) is 10.2. The van der Waals surface area contributed by atoms with E-state index >= 15 is 0 Å². The van der Waals surface area contributed by atoms with Gasteiger partial charge < -0.3 is 0 Å². The van der Waals surface area contributed by atoms with Crippen LogP contribution in [0.25, 0.3) is 0 Å². The summed E-state index contributed by atoms with van der Waals surface area (Å²) in [5, 5.41) is 0. The van der Waals surface area contributed by atoms with Gasteiger partial charge in [-0.3, -0.25) is 4.79 Å². The van der Waals surface area contributed by atoms with Gasteiger partial charge >= 0.3 is 0 Å². The second-order valence-corrected chi connectivity index (χ2v) is 5.69. The Balaban J connectivity index is 2.28. The number of carbonyl (C=O) groups excluding carboxylic acids is 1. The molecule has 1 aromatic rings. The fourth-order valence-electron chi connectivity index (χ4n) is 1.45. The second-order valence-electron chi connectivity index (χ2n) is 3.28. The van der Waals surface area contributed by atoms with Crippen molar-refractivity contribution >= 4 is 29.3 Å². The average Bonchev–Trinajstić information content (AvgIpc) is 2.30. The Kier molecular flexibility index (Phi) is 3.54. The van der Waals surface area contributed by atoms with Gasteiger partial charge in [0.05, 0.1) is 4.91 Å². The lowest BCUT2D eigenvalue weighted by Crippen LogP contribution is -2.06. The van der Waals surface area contributed by atoms with E-state index < -0.39 is 0 Å². The van der Waals surface area contributed by atoms with Crippen molar-refractivity contribution in [2.24, 2.45) is 0 Å². The maximum Gasteiger partial charge on any atom is 0.200 e. The number of carbonyl (C=O) groups is 1. The van der Waals surface area contributed by atoms with E-state index in [1.807, 2.05) is 37.3 Å². The van der Waals surface area contributed by atoms with E-state index in [1.165, 1.54) is 4.91 Å². The van der Waals surface area contributed by atoms with E-state index in [9.17, 15) is 4.79 Å². The molecule has 0 N–H and O–H groups in total. The summed E-state index contributed by atoms with van der Waals surface area (Å²) in [5.41, 5.74) is 0.793. The molecule has 0 saturated heterocycles. The van der Waals surface area contributed by atoms with Gasteiger partial charge in [0.1, 0.15) is 0 Å². The topological polar surface area (TPSA) is 17.1 Å². The molecule has 1 nitrogen and oxygen atoms in total. The minimum Gasteiger partial charge on any atom is -0.288 e. The molecule has 0 aliphatic carbocycles. The SMILES string of the molecule is CC1=C(C(=O)c2ccccc2)SCCS1. The third-order valence-electron chi connectivity index (χ3n) is 2.21. The van der Waals surface area contributed by atoms with Crippen molar-refractivity contribution < 1.29 is 4.79 Å². The zero-order chi connectivity index (χ0) is 10.7. The van der Waals surface area contributed by atoms with Gasteiger partial charge in [-0.1, -0.05) is 30.3 Å². The maximum atomic E-state index is 12.1. The summed E-state index contributed by atoms with van der Waals surface area (Å²) in [6.07, 6.45) is 0. The molecule has 15 heavy (non-hydrogen) atoms. The summed E-state index contributed by atoms with van der Waals surface area (Å²) in [4.78, 5) is 14.2. The summed E-state index contributed by atoms with van der Waals surface area (Å²) in [5.74, 6) is 2.32. The van der Waals surface area contributed by atoms with Gasteiger partial charge in [-0.15, -0.1) is 23.5 Å². The number of hydrogen-bond acceptors (Lipinski definition) is 3. The van der Waals surface area contributed by atoms with Gasteiger partial charge in [0.15, 0.2) is 5.78 Å². The highest BCUT2D eigenvalue weighted by Gasteiger charge is 2.18. The molecule has 0 fully saturated rings. The fourth-order valence-corrected chi connectivity index (χ4v) is 3.66. The van der Waals surface area contributed by atoms with Crippen LogP contribution in [0.5, 0.6) is 0 Å². The van der Waals surface area contributed by atoms with Crippen molar-refractivity contribution in [2.45, 2.75) is 6.92 Å². The summed E-state index contributed by atoms with van der Waals surface area (Å²) >= 11 is 3.47. The number of hydrogen-bond donors (Lipinski definition) is 0. The number of thioether (sulfide) groups is 2. The first kappa shape index (κ1) is 10.8. The van der Waals surface area contributed by atoms with E-state index in [2.05, 4.69) is 0 Å². The molecule has 2 rings (SSSR count). The van der Waals surface area contributed by atoms with Crippen molar-refractivity contribution in [2.75, 3.05) is 11.5 Å². The zero-order valence-electron chi connectivity index (χ0n) is 8.53. The van der Waals surface area contributed by atoms with Gasteiger partial charge in [0.2, 0.25) is 0 Å². The van der Waals surface area contributed by atoms with Crippen molar-refractivity contribution in [1.29, 1.82) is 0 Å². The van der Waals surface area contributed by atoms with Crippen LogP contribution in [0.1, 0.15) is 17.3 Å².